The zero-order valence-corrected chi connectivity index (χ0v) is 11.4. The second-order valence-electron chi connectivity index (χ2n) is 10.6. The van der Waals surface area contributed by atoms with E-state index in [1.807, 2.05) is 0 Å². The molecule has 0 aromatic heterocycles. The maximum atomic E-state index is 4.18. The van der Waals surface area contributed by atoms with Crippen LogP contribution in [0.15, 0.2) is 0 Å². The number of halogens is 1. The molecule has 15 heavy (non-hydrogen) atoms. The fourth-order valence-corrected chi connectivity index (χ4v) is 97.1. The Morgan fingerprint density at radius 2 is 1.47 bits per heavy atom. The molecule has 5 unspecified atom stereocenters. The Bertz CT molecular complexity index is 817. The zero-order valence-electron chi connectivity index (χ0n) is 8.71. The maximum absolute atomic E-state index is 4.18. The van der Waals surface area contributed by atoms with Gasteiger partial charge in [0, 0.05) is 0 Å². The van der Waals surface area contributed by atoms with Crippen LogP contribution in [0.5, 0.6) is 0 Å². The molecule has 0 N–H and O–H groups in total. The van der Waals surface area contributed by atoms with Gasteiger partial charge in [0.25, 0.3) is 0 Å². The van der Waals surface area contributed by atoms with E-state index >= 15 is 0 Å². The van der Waals surface area contributed by atoms with Gasteiger partial charge in [0.2, 0.25) is 0 Å². The monoisotopic (exact) mass is 306 g/mol. The van der Waals surface area contributed by atoms with Crippen molar-refractivity contribution in [3.63, 3.8) is 0 Å². The van der Waals surface area contributed by atoms with Gasteiger partial charge < -0.3 is 0 Å². The van der Waals surface area contributed by atoms with E-state index in [0.717, 1.165) is 9.14 Å². The number of alkyl halides is 1. The van der Waals surface area contributed by atoms with E-state index in [9.17, 15) is 0 Å². The standard InChI is InChI=1S/C8H10Br.C5H5.Fe/c1-2-8(9)7-5-3-4-6-7;1-2-4-5-3-1;/h3-6,8H,2H2,1H3;1-5H;. The molecule has 0 aliphatic carbocycles. The van der Waals surface area contributed by atoms with Crippen LogP contribution in [0.1, 0.15) is 13.3 Å². The SMILES string of the molecule is CCC(Br)[C]12[CH]3[CH]4[CH]5[CH]1[Fe]45321678[CH]2[CH]1[CH]6[CH]7[CH]28. The first kappa shape index (κ1) is 5.76. The van der Waals surface area contributed by atoms with Gasteiger partial charge in [-0.15, -0.1) is 0 Å². The van der Waals surface area contributed by atoms with Crippen molar-refractivity contribution < 1.29 is 6.51 Å². The van der Waals surface area contributed by atoms with E-state index in [0.29, 0.717) is 0 Å². The summed E-state index contributed by atoms with van der Waals surface area (Å²) < 4.78 is 1.12. The van der Waals surface area contributed by atoms with Crippen molar-refractivity contribution in [1.82, 2.24) is 0 Å². The molecule has 0 aromatic carbocycles. The first-order chi connectivity index (χ1) is 7.03. The summed E-state index contributed by atoms with van der Waals surface area (Å²) in [6.45, 7) is -0.223. The van der Waals surface area contributed by atoms with Crippen molar-refractivity contribution in [3.8, 4) is 0 Å². The summed E-state index contributed by atoms with van der Waals surface area (Å²) in [5.41, 5.74) is 0. The van der Waals surface area contributed by atoms with Crippen LogP contribution in [0.2, 0.25) is 47.7 Å². The van der Waals surface area contributed by atoms with Gasteiger partial charge in [-0.05, 0) is 0 Å². The third kappa shape index (κ3) is 0.0514. The second kappa shape index (κ2) is 0.427. The molecule has 0 aromatic rings. The van der Waals surface area contributed by atoms with Crippen LogP contribution in [0, 0.1) is 0 Å². The van der Waals surface area contributed by atoms with Crippen molar-refractivity contribution >= 4 is 15.9 Å². The molecule has 0 saturated carbocycles. The van der Waals surface area contributed by atoms with Crippen molar-refractivity contribution in [2.45, 2.75) is 65.8 Å². The fourth-order valence-electron chi connectivity index (χ4n) is 17.5. The van der Waals surface area contributed by atoms with Crippen LogP contribution < -0.4 is 0 Å². The average molecular weight is 307 g/mol. The molecule has 10 aliphatic heterocycles. The number of hydrogen-bond donors (Lipinski definition) is 0. The van der Waals surface area contributed by atoms with Crippen LogP contribution in [-0.4, -0.2) is 4.83 Å². The second-order valence-corrected chi connectivity index (χ2v) is 35.3. The molecule has 82 valence electrons. The summed E-state index contributed by atoms with van der Waals surface area (Å²) in [7, 11) is 0. The zero-order chi connectivity index (χ0) is 9.30. The van der Waals surface area contributed by atoms with Crippen LogP contribution in [-0.2, 0) is 6.51 Å². The third-order valence-electron chi connectivity index (χ3n) is 15.6. The molecule has 10 heterocycles. The van der Waals surface area contributed by atoms with Gasteiger partial charge in [-0.25, -0.2) is 0 Å². The van der Waals surface area contributed by atoms with Crippen molar-refractivity contribution in [2.75, 3.05) is 0 Å². The Morgan fingerprint density at radius 3 is 1.67 bits per heavy atom. The third-order valence-corrected chi connectivity index (χ3v) is 60.1. The summed E-state index contributed by atoms with van der Waals surface area (Å²) in [4.78, 5) is 14.6. The van der Waals surface area contributed by atoms with E-state index in [-0.39, 0.29) is 0 Å². The molecule has 10 aliphatic rings. The van der Waals surface area contributed by atoms with E-state index in [2.05, 4.69) is 22.9 Å². The Labute approximate surface area is 88.0 Å². The fraction of sp³-hybridized carbons (Fsp3) is 1.00. The van der Waals surface area contributed by atoms with Crippen LogP contribution >= 0.6 is 15.9 Å². The minimum atomic E-state index is -2.67. The predicted molar refractivity (Wildman–Crippen MR) is 59.4 cm³/mol. The molecule has 0 bridgehead atoms. The molecule has 1 spiro atoms. The van der Waals surface area contributed by atoms with Crippen LogP contribution in [0.25, 0.3) is 0 Å². The summed E-state index contributed by atoms with van der Waals surface area (Å²) in [6.07, 6.45) is 1.45. The Kier molecular flexibility index (Phi) is 0.164. The first-order valence-electron chi connectivity index (χ1n) is 6.88. The Hall–Kier alpha value is 0.999. The molecular weight excluding hydrogens is 292 g/mol. The molecule has 0 radical (unpaired) electrons. The topological polar surface area (TPSA) is 0 Å². The summed E-state index contributed by atoms with van der Waals surface area (Å²) in [5, 5.41) is 0. The Morgan fingerprint density at radius 1 is 1.00 bits per heavy atom. The average Bonchev–Trinajstić information content (AvgIpc) is 3.18. The van der Waals surface area contributed by atoms with E-state index in [1.54, 1.807) is 0 Å². The van der Waals surface area contributed by atoms with Gasteiger partial charge in [0.15, 0.2) is 0 Å². The van der Waals surface area contributed by atoms with Crippen LogP contribution in [0.3, 0.4) is 0 Å². The summed E-state index contributed by atoms with van der Waals surface area (Å²) >= 11 is 4.18. The van der Waals surface area contributed by atoms with Crippen molar-refractivity contribution in [2.24, 2.45) is 0 Å². The molecule has 0 nitrogen and oxygen atoms in total. The van der Waals surface area contributed by atoms with Gasteiger partial charge in [-0.1, -0.05) is 0 Å². The summed E-state index contributed by atoms with van der Waals surface area (Å²) in [5.74, 6) is 0. The molecule has 10 saturated heterocycles. The quantitative estimate of drug-likeness (QED) is 0.502. The number of rotatable bonds is 2. The molecule has 10 fully saturated rings. The van der Waals surface area contributed by atoms with Gasteiger partial charge >= 0.3 is 88.3 Å². The van der Waals surface area contributed by atoms with E-state index in [4.69, 9.17) is 0 Å². The van der Waals surface area contributed by atoms with Crippen LogP contribution in [0.4, 0.5) is 0 Å². The minimum absolute atomic E-state index is 0.999. The number of fused-ring (bicyclic) bond motifs is 10. The molecule has 10 rings (SSSR count). The van der Waals surface area contributed by atoms with Gasteiger partial charge in [-0.3, -0.25) is 0 Å². The Balaban J connectivity index is 1.77. The molecule has 5 atom stereocenters. The van der Waals surface area contributed by atoms with E-state index < -0.39 is 6.51 Å². The molecule has 0 amide bonds. The van der Waals surface area contributed by atoms with E-state index in [1.165, 1.54) is 49.8 Å². The van der Waals surface area contributed by atoms with Gasteiger partial charge in [-0.2, -0.15) is 0 Å². The molecular formula is C13H15BrFe. The predicted octanol–water partition coefficient (Wildman–Crippen LogP) is 4.92. The normalized spacial score (nSPS) is 136. The van der Waals surface area contributed by atoms with Crippen molar-refractivity contribution in [1.29, 1.82) is 0 Å². The van der Waals surface area contributed by atoms with Gasteiger partial charge in [0.05, 0.1) is 0 Å². The molecule has 2 heteroatoms. The van der Waals surface area contributed by atoms with Crippen molar-refractivity contribution in [3.05, 3.63) is 0 Å². The summed E-state index contributed by atoms with van der Waals surface area (Å²) in [6, 6.07) is 0. The number of hydrogen-bond acceptors (Lipinski definition) is 0. The first-order valence-corrected chi connectivity index (χ1v) is 14.1. The van der Waals surface area contributed by atoms with Gasteiger partial charge in [0.1, 0.15) is 0 Å².